The van der Waals surface area contributed by atoms with Gasteiger partial charge in [-0.15, -0.1) is 0 Å². The van der Waals surface area contributed by atoms with Crippen molar-refractivity contribution in [1.29, 1.82) is 0 Å². The van der Waals surface area contributed by atoms with E-state index in [9.17, 15) is 4.79 Å². The average Bonchev–Trinajstić information content (AvgIpc) is 2.83. The van der Waals surface area contributed by atoms with Gasteiger partial charge in [-0.1, -0.05) is 75.4 Å². The third-order valence-corrected chi connectivity index (χ3v) is 4.94. The summed E-state index contributed by atoms with van der Waals surface area (Å²) in [5.74, 6) is 1.06. The number of rotatable bonds is 6. The van der Waals surface area contributed by atoms with Gasteiger partial charge in [0.2, 0.25) is 0 Å². The molecule has 0 atom stereocenters. The van der Waals surface area contributed by atoms with E-state index in [1.54, 1.807) is 11.9 Å². The highest BCUT2D eigenvalue weighted by Gasteiger charge is 2.13. The normalized spacial score (nSPS) is 11.4. The van der Waals surface area contributed by atoms with Crippen molar-refractivity contribution in [2.45, 2.75) is 54.5 Å². The molecule has 2 aromatic rings. The van der Waals surface area contributed by atoms with Gasteiger partial charge in [0.05, 0.1) is 11.7 Å². The number of nitrogens with zero attached hydrogens (tertiary/aromatic N) is 2. The predicted molar refractivity (Wildman–Crippen MR) is 156 cm³/mol. The smallest absolute Gasteiger partial charge is 0.253 e. The lowest BCUT2D eigenvalue weighted by Crippen LogP contribution is -2.26. The third-order valence-electron chi connectivity index (χ3n) is 4.94. The first-order chi connectivity index (χ1) is 17.0. The minimum Gasteiger partial charge on any atom is -0.386 e. The molecule has 0 saturated heterocycles. The Hall–Kier alpha value is -3.80. The van der Waals surface area contributed by atoms with Gasteiger partial charge in [-0.05, 0) is 62.1 Å². The summed E-state index contributed by atoms with van der Waals surface area (Å²) in [6.07, 6.45) is 5.37. The summed E-state index contributed by atoms with van der Waals surface area (Å²) in [5, 5.41) is 3.27. The highest BCUT2D eigenvalue weighted by atomic mass is 16.2. The monoisotopic (exact) mass is 491 g/mol. The van der Waals surface area contributed by atoms with Crippen molar-refractivity contribution in [2.24, 2.45) is 16.5 Å². The van der Waals surface area contributed by atoms with E-state index in [4.69, 9.17) is 11.5 Å². The number of carbonyl (C=O) groups is 1. The van der Waals surface area contributed by atoms with Gasteiger partial charge in [-0.25, -0.2) is 0 Å². The molecule has 5 N–H and O–H groups in total. The minimum atomic E-state index is 0.0170. The number of nitrogens with one attached hydrogen (secondary N) is 1. The second-order valence-corrected chi connectivity index (χ2v) is 8.58. The predicted octanol–water partition coefficient (Wildman–Crippen LogP) is 6.00. The molecule has 1 amide bonds. The summed E-state index contributed by atoms with van der Waals surface area (Å²) in [4.78, 5) is 18.8. The summed E-state index contributed by atoms with van der Waals surface area (Å²) < 4.78 is 0. The first kappa shape index (κ1) is 32.2. The lowest BCUT2D eigenvalue weighted by Gasteiger charge is -2.18. The van der Waals surface area contributed by atoms with Crippen LogP contribution in [0.2, 0.25) is 0 Å². The summed E-state index contributed by atoms with van der Waals surface area (Å²) >= 11 is 0. The fraction of sp³-hybridized carbons (Fsp3) is 0.333. The third kappa shape index (κ3) is 13.2. The Kier molecular flexibility index (Phi) is 15.7. The molecule has 36 heavy (non-hydrogen) atoms. The van der Waals surface area contributed by atoms with Crippen LogP contribution < -0.4 is 16.8 Å². The van der Waals surface area contributed by atoms with Gasteiger partial charge in [-0.2, -0.15) is 0 Å². The maximum absolute atomic E-state index is 12.9. The van der Waals surface area contributed by atoms with Crippen LogP contribution in [0.15, 0.2) is 83.3 Å². The van der Waals surface area contributed by atoms with E-state index in [0.29, 0.717) is 12.1 Å². The number of hydrogen-bond donors (Lipinski definition) is 3. The number of benzene rings is 2. The lowest BCUT2D eigenvalue weighted by molar-refractivity contribution is 0.0785. The fourth-order valence-corrected chi connectivity index (χ4v) is 2.87. The zero-order chi connectivity index (χ0) is 27.7. The number of aryl methyl sites for hydroxylation is 1. The molecule has 196 valence electrons. The van der Waals surface area contributed by atoms with Crippen molar-refractivity contribution < 1.29 is 4.79 Å². The largest absolute Gasteiger partial charge is 0.386 e. The number of hydrogen-bond acceptors (Lipinski definition) is 4. The van der Waals surface area contributed by atoms with Crippen molar-refractivity contribution in [3.63, 3.8) is 0 Å². The lowest BCUT2D eigenvalue weighted by atomic mass is 10.0. The fourth-order valence-electron chi connectivity index (χ4n) is 2.87. The van der Waals surface area contributed by atoms with Gasteiger partial charge < -0.3 is 21.7 Å². The molecule has 0 spiro atoms. The molecule has 0 heterocycles. The number of allylic oxidation sites excluding steroid dienone is 3. The SMILES string of the molecule is C=C(N)N.CCC.CN=C(C)N/C(C)=C(C)\C=C\c1cc(C(=O)N(C)Cc2ccccc2)ccc1C. The molecule has 0 aromatic heterocycles. The Balaban J connectivity index is 0.00000155. The highest BCUT2D eigenvalue weighted by Crippen LogP contribution is 2.17. The first-order valence-electron chi connectivity index (χ1n) is 12.1. The van der Waals surface area contributed by atoms with Crippen molar-refractivity contribution in [3.05, 3.63) is 101 Å². The topological polar surface area (TPSA) is 96.7 Å². The van der Waals surface area contributed by atoms with Gasteiger partial charge in [0.15, 0.2) is 0 Å². The van der Waals surface area contributed by atoms with Gasteiger partial charge in [0, 0.05) is 31.9 Å². The number of carbonyl (C=O) groups excluding carboxylic acids is 1. The van der Waals surface area contributed by atoms with E-state index in [1.807, 2.05) is 69.4 Å². The van der Waals surface area contributed by atoms with Crippen molar-refractivity contribution in [3.8, 4) is 0 Å². The molecular formula is C30H45N5O. The summed E-state index contributed by atoms with van der Waals surface area (Å²) in [7, 11) is 3.60. The van der Waals surface area contributed by atoms with Crippen molar-refractivity contribution in [2.75, 3.05) is 14.1 Å². The van der Waals surface area contributed by atoms with Crippen molar-refractivity contribution >= 4 is 17.8 Å². The Morgan fingerprint density at radius 2 is 1.64 bits per heavy atom. The molecule has 0 aliphatic heterocycles. The molecule has 6 nitrogen and oxygen atoms in total. The molecule has 0 unspecified atom stereocenters. The van der Waals surface area contributed by atoms with Gasteiger partial charge in [-0.3, -0.25) is 9.79 Å². The van der Waals surface area contributed by atoms with Gasteiger partial charge in [0.1, 0.15) is 0 Å². The molecular weight excluding hydrogens is 446 g/mol. The van der Waals surface area contributed by atoms with Gasteiger partial charge in [0.25, 0.3) is 5.91 Å². The standard InChI is InChI=1S/C25H31N3O.C3H8.C2H6N2/c1-18(20(3)27-21(4)26-5)12-14-23-16-24(15-13-19(23)2)25(29)28(6)17-22-10-8-7-9-11-22;1-3-2;1-2(3)4/h7-16H,17H2,1-6H3,(H,26,27);3H2,1-2H3;1,3-4H2/b14-12+,20-18-;;. The molecule has 2 rings (SSSR count). The Labute approximate surface area is 218 Å². The van der Waals surface area contributed by atoms with Crippen LogP contribution in [-0.4, -0.2) is 30.7 Å². The summed E-state index contributed by atoms with van der Waals surface area (Å²) in [6.45, 7) is 16.0. The molecule has 0 aliphatic rings. The van der Waals surface area contributed by atoms with Crippen LogP contribution in [-0.2, 0) is 6.54 Å². The van der Waals surface area contributed by atoms with Crippen molar-refractivity contribution in [1.82, 2.24) is 10.2 Å². The number of amides is 1. The molecule has 0 fully saturated rings. The first-order valence-corrected chi connectivity index (χ1v) is 12.1. The summed E-state index contributed by atoms with van der Waals surface area (Å²) in [6, 6.07) is 15.9. The second kappa shape index (κ2) is 17.6. The molecule has 0 saturated carbocycles. The van der Waals surface area contributed by atoms with Gasteiger partial charge >= 0.3 is 0 Å². The number of amidine groups is 1. The molecule has 0 bridgehead atoms. The number of nitrogens with two attached hydrogens (primary N) is 2. The van der Waals surface area contributed by atoms with E-state index < -0.39 is 0 Å². The molecule has 0 aliphatic carbocycles. The average molecular weight is 492 g/mol. The second-order valence-electron chi connectivity index (χ2n) is 8.58. The van der Waals surface area contributed by atoms with Crippen LogP contribution in [0.3, 0.4) is 0 Å². The van der Waals surface area contributed by atoms with Crippen LogP contribution in [0.5, 0.6) is 0 Å². The van der Waals surface area contributed by atoms with Crippen LogP contribution in [0, 0.1) is 6.92 Å². The molecule has 6 heteroatoms. The van der Waals surface area contributed by atoms with Crippen LogP contribution in [0.1, 0.15) is 68.1 Å². The Morgan fingerprint density at radius 3 is 2.17 bits per heavy atom. The highest BCUT2D eigenvalue weighted by molar-refractivity contribution is 5.94. The molecule has 0 radical (unpaired) electrons. The van der Waals surface area contributed by atoms with E-state index >= 15 is 0 Å². The van der Waals surface area contributed by atoms with E-state index in [1.165, 1.54) is 6.42 Å². The summed E-state index contributed by atoms with van der Waals surface area (Å²) in [5.41, 5.74) is 15.5. The van der Waals surface area contributed by atoms with Crippen LogP contribution in [0.25, 0.3) is 6.08 Å². The zero-order valence-electron chi connectivity index (χ0n) is 23.4. The van der Waals surface area contributed by atoms with Crippen LogP contribution >= 0.6 is 0 Å². The van der Waals surface area contributed by atoms with E-state index in [2.05, 4.69) is 56.7 Å². The Bertz CT molecular complexity index is 1050. The Morgan fingerprint density at radius 1 is 1.08 bits per heavy atom. The zero-order valence-corrected chi connectivity index (χ0v) is 23.4. The van der Waals surface area contributed by atoms with Crippen LogP contribution in [0.4, 0.5) is 0 Å². The van der Waals surface area contributed by atoms with E-state index in [0.717, 1.165) is 33.8 Å². The van der Waals surface area contributed by atoms with E-state index in [-0.39, 0.29) is 11.7 Å². The quantitative estimate of drug-likeness (QED) is 0.262. The number of aliphatic imine (C=N–C) groups is 1. The molecule has 2 aromatic carbocycles. The maximum Gasteiger partial charge on any atom is 0.253 e. The minimum absolute atomic E-state index is 0.0170. The maximum atomic E-state index is 12.9.